The van der Waals surface area contributed by atoms with Crippen LogP contribution >= 0.6 is 11.3 Å². The van der Waals surface area contributed by atoms with Crippen LogP contribution in [0.1, 0.15) is 0 Å². The quantitative estimate of drug-likeness (QED) is 0.672. The van der Waals surface area contributed by atoms with E-state index >= 15 is 0 Å². The zero-order valence-electron chi connectivity index (χ0n) is 5.67. The van der Waals surface area contributed by atoms with Gasteiger partial charge in [-0.25, -0.2) is 0 Å². The van der Waals surface area contributed by atoms with Crippen molar-refractivity contribution in [1.82, 2.24) is 4.98 Å². The highest BCUT2D eigenvalue weighted by molar-refractivity contribution is 7.13. The number of aromatic amines is 1. The first-order valence-electron chi connectivity index (χ1n) is 3.24. The lowest BCUT2D eigenvalue weighted by atomic mass is 10.3. The van der Waals surface area contributed by atoms with Crippen molar-refractivity contribution in [3.63, 3.8) is 0 Å². The second kappa shape index (κ2) is 2.51. The van der Waals surface area contributed by atoms with E-state index in [0.29, 0.717) is 0 Å². The maximum atomic E-state index is 12.5. The molecule has 0 spiro atoms. The molecule has 0 saturated heterocycles. The molecule has 0 fully saturated rings. The molecule has 0 saturated carbocycles. The first kappa shape index (κ1) is 6.61. The predicted molar refractivity (Wildman–Crippen MR) is 44.1 cm³/mol. The van der Waals surface area contributed by atoms with Gasteiger partial charge < -0.3 is 4.98 Å². The number of hydrogen-bond donors (Lipinski definition) is 1. The Bertz CT molecular complexity index is 337. The van der Waals surface area contributed by atoms with E-state index in [9.17, 15) is 4.39 Å². The van der Waals surface area contributed by atoms with Crippen molar-refractivity contribution in [2.45, 2.75) is 0 Å². The Balaban J connectivity index is 2.45. The highest BCUT2D eigenvalue weighted by Gasteiger charge is 2.00. The number of thiophene rings is 1. The lowest BCUT2D eigenvalue weighted by Crippen LogP contribution is -1.71. The first-order chi connectivity index (χ1) is 5.36. The van der Waals surface area contributed by atoms with Gasteiger partial charge in [0.25, 0.3) is 0 Å². The van der Waals surface area contributed by atoms with E-state index in [1.54, 1.807) is 17.4 Å². The van der Waals surface area contributed by atoms with Crippen LogP contribution in [0.3, 0.4) is 0 Å². The molecule has 0 aromatic carbocycles. The van der Waals surface area contributed by atoms with Crippen molar-refractivity contribution in [3.8, 4) is 10.6 Å². The van der Waals surface area contributed by atoms with E-state index in [0.717, 1.165) is 10.6 Å². The van der Waals surface area contributed by atoms with Gasteiger partial charge in [0.05, 0.1) is 10.6 Å². The van der Waals surface area contributed by atoms with Gasteiger partial charge in [0.1, 0.15) is 0 Å². The zero-order valence-corrected chi connectivity index (χ0v) is 6.49. The number of H-pyrrole nitrogens is 1. The lowest BCUT2D eigenvalue weighted by Gasteiger charge is -1.87. The third kappa shape index (κ3) is 1.19. The Hall–Kier alpha value is -1.09. The normalized spacial score (nSPS) is 10.3. The topological polar surface area (TPSA) is 15.8 Å². The summed E-state index contributed by atoms with van der Waals surface area (Å²) in [5, 5.41) is 1.97. The molecule has 0 atom stereocenters. The number of nitrogens with one attached hydrogen (secondary N) is 1. The molecule has 2 rings (SSSR count). The summed E-state index contributed by atoms with van der Waals surface area (Å²) in [6.07, 6.45) is 0. The minimum absolute atomic E-state index is 0.284. The van der Waals surface area contributed by atoms with Gasteiger partial charge in [-0.05, 0) is 23.6 Å². The summed E-state index contributed by atoms with van der Waals surface area (Å²) < 4.78 is 12.5. The molecule has 1 N–H and O–H groups in total. The Morgan fingerprint density at radius 1 is 1.27 bits per heavy atom. The molecule has 11 heavy (non-hydrogen) atoms. The largest absolute Gasteiger partial charge is 0.331 e. The highest BCUT2D eigenvalue weighted by atomic mass is 32.1. The van der Waals surface area contributed by atoms with E-state index in [2.05, 4.69) is 4.98 Å². The van der Waals surface area contributed by atoms with Gasteiger partial charge in [0, 0.05) is 0 Å². The van der Waals surface area contributed by atoms with Crippen LogP contribution in [0.15, 0.2) is 29.6 Å². The van der Waals surface area contributed by atoms with Gasteiger partial charge >= 0.3 is 0 Å². The van der Waals surface area contributed by atoms with Gasteiger partial charge in [0.15, 0.2) is 5.95 Å². The molecule has 0 amide bonds. The van der Waals surface area contributed by atoms with E-state index in [1.807, 2.05) is 17.5 Å². The van der Waals surface area contributed by atoms with E-state index in [1.165, 1.54) is 6.07 Å². The maximum Gasteiger partial charge on any atom is 0.191 e. The van der Waals surface area contributed by atoms with E-state index < -0.39 is 0 Å². The number of aromatic nitrogens is 1. The van der Waals surface area contributed by atoms with Crippen molar-refractivity contribution in [2.75, 3.05) is 0 Å². The summed E-state index contributed by atoms with van der Waals surface area (Å²) >= 11 is 1.59. The van der Waals surface area contributed by atoms with Crippen LogP contribution in [0.2, 0.25) is 0 Å². The Morgan fingerprint density at radius 2 is 2.18 bits per heavy atom. The fourth-order valence-corrected chi connectivity index (χ4v) is 1.65. The Labute approximate surface area is 67.5 Å². The second-order valence-corrected chi connectivity index (χ2v) is 3.14. The molecule has 2 heterocycles. The standard InChI is InChI=1S/C8H6FNS/c9-8-4-3-6(10-8)7-2-1-5-11-7/h1-5,10H. The van der Waals surface area contributed by atoms with Crippen LogP contribution in [-0.2, 0) is 0 Å². The van der Waals surface area contributed by atoms with E-state index in [-0.39, 0.29) is 5.95 Å². The van der Waals surface area contributed by atoms with Crippen LogP contribution in [0, 0.1) is 5.95 Å². The summed E-state index contributed by atoms with van der Waals surface area (Å²) in [7, 11) is 0. The SMILES string of the molecule is Fc1ccc(-c2cccs2)[nH]1. The van der Waals surface area contributed by atoms with Crippen LogP contribution in [0.25, 0.3) is 10.6 Å². The van der Waals surface area contributed by atoms with Crippen LogP contribution in [0.5, 0.6) is 0 Å². The van der Waals surface area contributed by atoms with Crippen molar-refractivity contribution < 1.29 is 4.39 Å². The summed E-state index contributed by atoms with van der Waals surface area (Å²) in [4.78, 5) is 3.69. The summed E-state index contributed by atoms with van der Waals surface area (Å²) in [6.45, 7) is 0. The molecule has 0 aliphatic rings. The van der Waals surface area contributed by atoms with Crippen molar-refractivity contribution in [1.29, 1.82) is 0 Å². The predicted octanol–water partition coefficient (Wildman–Crippen LogP) is 2.88. The second-order valence-electron chi connectivity index (χ2n) is 2.20. The minimum Gasteiger partial charge on any atom is -0.331 e. The van der Waals surface area contributed by atoms with Crippen molar-refractivity contribution >= 4 is 11.3 Å². The molecular weight excluding hydrogens is 161 g/mol. The molecule has 1 nitrogen and oxygen atoms in total. The molecule has 3 heteroatoms. The first-order valence-corrected chi connectivity index (χ1v) is 4.12. The molecule has 0 aliphatic carbocycles. The lowest BCUT2D eigenvalue weighted by molar-refractivity contribution is 0.592. The highest BCUT2D eigenvalue weighted by Crippen LogP contribution is 2.22. The minimum atomic E-state index is -0.284. The third-order valence-electron chi connectivity index (χ3n) is 1.44. The van der Waals surface area contributed by atoms with Gasteiger partial charge in [-0.2, -0.15) is 4.39 Å². The summed E-state index contributed by atoms with van der Waals surface area (Å²) in [5.74, 6) is -0.284. The molecule has 2 aromatic heterocycles. The molecule has 2 aromatic rings. The molecule has 56 valence electrons. The average molecular weight is 167 g/mol. The fourth-order valence-electron chi connectivity index (χ4n) is 0.944. The summed E-state index contributed by atoms with van der Waals surface area (Å²) in [5.41, 5.74) is 0.845. The van der Waals surface area contributed by atoms with Gasteiger partial charge in [-0.1, -0.05) is 6.07 Å². The fraction of sp³-hybridized carbons (Fsp3) is 0. The molecule has 0 unspecified atom stereocenters. The molecular formula is C8H6FNS. The van der Waals surface area contributed by atoms with E-state index in [4.69, 9.17) is 0 Å². The van der Waals surface area contributed by atoms with Crippen molar-refractivity contribution in [3.05, 3.63) is 35.6 Å². The molecule has 0 radical (unpaired) electrons. The number of hydrogen-bond acceptors (Lipinski definition) is 1. The van der Waals surface area contributed by atoms with Crippen LogP contribution in [-0.4, -0.2) is 4.98 Å². The Kier molecular flexibility index (Phi) is 1.51. The maximum absolute atomic E-state index is 12.5. The molecule has 0 bridgehead atoms. The smallest absolute Gasteiger partial charge is 0.191 e. The number of halogens is 1. The average Bonchev–Trinajstić information content (AvgIpc) is 2.55. The monoisotopic (exact) mass is 167 g/mol. The van der Waals surface area contributed by atoms with Crippen molar-refractivity contribution in [2.24, 2.45) is 0 Å². The van der Waals surface area contributed by atoms with Gasteiger partial charge in [-0.3, -0.25) is 0 Å². The third-order valence-corrected chi connectivity index (χ3v) is 2.34. The van der Waals surface area contributed by atoms with Crippen LogP contribution < -0.4 is 0 Å². The van der Waals surface area contributed by atoms with Gasteiger partial charge in [0.2, 0.25) is 0 Å². The summed E-state index contributed by atoms with van der Waals surface area (Å²) in [6, 6.07) is 7.06. The molecule has 0 aliphatic heterocycles. The Morgan fingerprint density at radius 3 is 2.73 bits per heavy atom. The van der Waals surface area contributed by atoms with Gasteiger partial charge in [-0.15, -0.1) is 11.3 Å². The number of rotatable bonds is 1. The zero-order chi connectivity index (χ0) is 7.68. The van der Waals surface area contributed by atoms with Crippen LogP contribution in [0.4, 0.5) is 4.39 Å².